The first-order chi connectivity index (χ1) is 35.4. The van der Waals surface area contributed by atoms with Gasteiger partial charge in [0.05, 0.1) is 0 Å². The summed E-state index contributed by atoms with van der Waals surface area (Å²) in [5.41, 5.74) is 11.9. The number of carbonyl (C=O) groups is 12. The van der Waals surface area contributed by atoms with Crippen LogP contribution in [0.25, 0.3) is 0 Å². The van der Waals surface area contributed by atoms with Gasteiger partial charge >= 0.3 is 0 Å². The predicted octanol–water partition coefficient (Wildman–Crippen LogP) is 0.720. The Morgan fingerprint density at radius 2 is 0.671 bits per heavy atom. The minimum atomic E-state index is -0.617. The maximum atomic E-state index is 12.6. The molecule has 0 aromatic heterocycles. The Balaban J connectivity index is 0.000000222. The molecular weight excluding hydrogens is 1020 g/mol. The first-order valence-corrected chi connectivity index (χ1v) is 26.3. The molecule has 12 heterocycles. The van der Waals surface area contributed by atoms with Crippen LogP contribution in [0.1, 0.15) is 129 Å². The molecule has 12 rings (SSSR count). The lowest BCUT2D eigenvalue weighted by Gasteiger charge is -2.50. The molecule has 24 heteroatoms. The van der Waals surface area contributed by atoms with Gasteiger partial charge in [0, 0.05) is 76.0 Å². The van der Waals surface area contributed by atoms with Crippen molar-refractivity contribution in [3.05, 3.63) is 24.3 Å². The zero-order valence-electron chi connectivity index (χ0n) is 42.4. The molecule has 12 atom stereocenters. The van der Waals surface area contributed by atoms with Crippen LogP contribution in [0.2, 0.25) is 0 Å². The van der Waals surface area contributed by atoms with E-state index in [1.807, 2.05) is 12.2 Å². The van der Waals surface area contributed by atoms with E-state index in [2.05, 4.69) is 21.7 Å². The summed E-state index contributed by atoms with van der Waals surface area (Å²) in [5, 5.41) is 5.72. The summed E-state index contributed by atoms with van der Waals surface area (Å²) < 4.78 is 0. The molecule has 24 nitrogen and oxygen atoms in total. The molecule has 12 aliphatic rings. The van der Waals surface area contributed by atoms with E-state index in [-0.39, 0.29) is 143 Å². The molecule has 79 heavy (non-hydrogen) atoms. The van der Waals surface area contributed by atoms with Crippen molar-refractivity contribution in [1.82, 2.24) is 61.3 Å². The van der Waals surface area contributed by atoms with Crippen molar-refractivity contribution in [2.45, 2.75) is 177 Å². The molecule has 12 aliphatic heterocycles. The zero-order valence-corrected chi connectivity index (χ0v) is 42.4. The highest BCUT2D eigenvalue weighted by Crippen LogP contribution is 2.36. The quantitative estimate of drug-likeness (QED) is 0.282. The van der Waals surface area contributed by atoms with E-state index in [9.17, 15) is 57.5 Å². The summed E-state index contributed by atoms with van der Waals surface area (Å²) in [6.45, 7) is 10.7. The van der Waals surface area contributed by atoms with E-state index in [1.54, 1.807) is 31.8 Å². The second kappa shape index (κ2) is 26.8. The molecule has 12 unspecified atom stereocenters. The van der Waals surface area contributed by atoms with Crippen LogP contribution in [-0.2, 0) is 57.5 Å². The van der Waals surface area contributed by atoms with Gasteiger partial charge < -0.3 is 19.6 Å². The Bertz CT molecular complexity index is 2450. The fraction of sp³-hybridized carbons (Fsp3) is 0.709. The third kappa shape index (κ3) is 11.8. The Kier molecular flexibility index (Phi) is 22.2. The first-order valence-electron chi connectivity index (χ1n) is 26.3. The van der Waals surface area contributed by atoms with Crippen molar-refractivity contribution in [1.29, 1.82) is 0 Å². The van der Waals surface area contributed by atoms with Gasteiger partial charge in [-0.15, -0.1) is 0 Å². The number of amides is 8. The number of rotatable bonds is 4. The molecule has 440 valence electrons. The van der Waals surface area contributed by atoms with E-state index in [4.69, 9.17) is 0 Å². The van der Waals surface area contributed by atoms with Crippen molar-refractivity contribution in [3.8, 4) is 0 Å². The van der Waals surface area contributed by atoms with Gasteiger partial charge in [-0.05, 0) is 91.9 Å². The second-order valence-electron chi connectivity index (χ2n) is 21.1. The molecule has 0 aromatic rings. The van der Waals surface area contributed by atoms with Gasteiger partial charge in [-0.2, -0.15) is 0 Å². The maximum absolute atomic E-state index is 12.6. The SMILES string of the molecule is C.C.C.C.C.CC(=O)C1CCCN2C(=O)C3C=CCNN3C(=O)C12.CC(=O)C1CCCN2C(=O)C3CCCNN3C(=O)C12.CC(=O)C1CCN2C(=O)C3C=CCNN3C(=O)C12.CC(=O)C1CCN2C(=O)C3CCCNN3C(=O)C12. The van der Waals surface area contributed by atoms with E-state index in [1.165, 1.54) is 47.7 Å². The van der Waals surface area contributed by atoms with Crippen molar-refractivity contribution >= 4 is 70.4 Å². The van der Waals surface area contributed by atoms with Gasteiger partial charge in [0.15, 0.2) is 0 Å². The van der Waals surface area contributed by atoms with Crippen LogP contribution < -0.4 is 21.7 Å². The van der Waals surface area contributed by atoms with E-state index < -0.39 is 36.3 Å². The lowest BCUT2D eigenvalue weighted by atomic mass is 9.83. The standard InChI is InChI=1S/C13H19N3O3.C13H17N3O3.C12H17N3O3.C12H15N3O3.5CH4/c2*1-8(17)9-4-3-7-15-11(9)13(19)16-10(12(15)18)5-2-6-14-16;2*1-7(16)8-4-6-14-10(8)12(18)15-9(11(14)17)3-2-5-13-15;;;;;/h9-11,14H,2-7H2,1H3;2,5,9-11,14H,3-4,6-7H2,1H3;8-10,13H,2-6H2,1H3;2-3,8-10,13H,4-6H2,1H3;5*1H4. The number of hydrogen-bond donors (Lipinski definition) is 4. The van der Waals surface area contributed by atoms with Gasteiger partial charge in [0.2, 0.25) is 11.8 Å². The number of hydrazine groups is 4. The van der Waals surface area contributed by atoms with E-state index in [0.717, 1.165) is 25.7 Å². The summed E-state index contributed by atoms with van der Waals surface area (Å²) >= 11 is 0. The zero-order chi connectivity index (χ0) is 52.9. The number of piperidine rings is 2. The van der Waals surface area contributed by atoms with Gasteiger partial charge in [-0.1, -0.05) is 61.4 Å². The third-order valence-electron chi connectivity index (χ3n) is 16.8. The van der Waals surface area contributed by atoms with Crippen LogP contribution in [-0.4, -0.2) is 211 Å². The fourth-order valence-electron chi connectivity index (χ4n) is 13.1. The maximum Gasteiger partial charge on any atom is 0.261 e. The van der Waals surface area contributed by atoms with Gasteiger partial charge in [-0.3, -0.25) is 77.6 Å². The molecule has 0 radical (unpaired) electrons. The lowest BCUT2D eigenvalue weighted by Crippen LogP contribution is -2.72. The molecule has 0 saturated carbocycles. The van der Waals surface area contributed by atoms with Gasteiger partial charge in [-0.25, -0.2) is 21.7 Å². The van der Waals surface area contributed by atoms with Crippen LogP contribution in [0.4, 0.5) is 0 Å². The lowest BCUT2D eigenvalue weighted by molar-refractivity contribution is -0.174. The molecule has 8 amide bonds. The third-order valence-corrected chi connectivity index (χ3v) is 16.8. The van der Waals surface area contributed by atoms with Crippen molar-refractivity contribution in [2.24, 2.45) is 23.7 Å². The predicted molar refractivity (Wildman–Crippen MR) is 291 cm³/mol. The number of nitrogens with one attached hydrogen (secondary N) is 4. The van der Waals surface area contributed by atoms with Crippen LogP contribution in [0.5, 0.6) is 0 Å². The average Bonchev–Trinajstić information content (AvgIpc) is 4.29. The number of Topliss-reactive ketones (excluding diaryl/α,β-unsaturated/α-hetero) is 4. The number of hydrogen-bond acceptors (Lipinski definition) is 16. The van der Waals surface area contributed by atoms with Gasteiger partial charge in [0.1, 0.15) is 71.5 Å². The first kappa shape index (κ1) is 65.3. The van der Waals surface area contributed by atoms with Crippen LogP contribution >= 0.6 is 0 Å². The summed E-state index contributed by atoms with van der Waals surface area (Å²) in [6, 6.07) is -4.22. The normalized spacial score (nSPS) is 32.6. The minimum Gasteiger partial charge on any atom is -0.328 e. The number of fused-ring (bicyclic) bond motifs is 8. The summed E-state index contributed by atoms with van der Waals surface area (Å²) in [4.78, 5) is 152. The van der Waals surface area contributed by atoms with Crippen molar-refractivity contribution in [2.75, 3.05) is 52.4 Å². The minimum absolute atomic E-state index is 0. The number of carbonyl (C=O) groups excluding carboxylic acids is 12. The topological polar surface area (TPSA) is 279 Å². The highest BCUT2D eigenvalue weighted by Gasteiger charge is 2.56. The summed E-state index contributed by atoms with van der Waals surface area (Å²) in [7, 11) is 0. The molecule has 10 saturated heterocycles. The van der Waals surface area contributed by atoms with Crippen molar-refractivity contribution in [3.63, 3.8) is 0 Å². The smallest absolute Gasteiger partial charge is 0.261 e. The average molecular weight is 1110 g/mol. The van der Waals surface area contributed by atoms with Crippen molar-refractivity contribution < 1.29 is 57.5 Å². The molecular formula is C55H88N12O12. The van der Waals surface area contributed by atoms with Gasteiger partial charge in [0.25, 0.3) is 35.4 Å². The van der Waals surface area contributed by atoms with E-state index in [0.29, 0.717) is 90.9 Å². The summed E-state index contributed by atoms with van der Waals surface area (Å²) in [6.07, 6.45) is 14.6. The number of ketones is 4. The molecule has 0 bridgehead atoms. The van der Waals surface area contributed by atoms with E-state index >= 15 is 0 Å². The van der Waals surface area contributed by atoms with Crippen LogP contribution in [0.3, 0.4) is 0 Å². The molecule has 10 fully saturated rings. The number of piperazine rings is 4. The number of nitrogens with zero attached hydrogens (tertiary/aromatic N) is 8. The highest BCUT2D eigenvalue weighted by molar-refractivity contribution is 6.04. The molecule has 0 spiro atoms. The Labute approximate surface area is 465 Å². The monoisotopic (exact) mass is 1110 g/mol. The molecule has 0 aromatic carbocycles. The Morgan fingerprint density at radius 3 is 1.03 bits per heavy atom. The Morgan fingerprint density at radius 1 is 0.367 bits per heavy atom. The fourth-order valence-corrected chi connectivity index (χ4v) is 13.1. The highest BCUT2D eigenvalue weighted by atomic mass is 16.2. The van der Waals surface area contributed by atoms with Crippen LogP contribution in [0, 0.1) is 23.7 Å². The molecule has 4 N–H and O–H groups in total. The largest absolute Gasteiger partial charge is 0.328 e. The second-order valence-corrected chi connectivity index (χ2v) is 21.1. The van der Waals surface area contributed by atoms with Crippen LogP contribution in [0.15, 0.2) is 24.3 Å². The molecule has 0 aliphatic carbocycles. The Hall–Kier alpha value is -6.24. The summed E-state index contributed by atoms with van der Waals surface area (Å²) in [5.74, 6) is -2.13.